The van der Waals surface area contributed by atoms with Gasteiger partial charge >= 0.3 is 0 Å². The Bertz CT molecular complexity index is 813. The highest BCUT2D eigenvalue weighted by atomic mass is 35.5. The molecular formula is C21H27Cl2N3O2. The van der Waals surface area contributed by atoms with Crippen LogP contribution in [-0.2, 0) is 4.79 Å². The number of hydrogen-bond acceptors (Lipinski definition) is 3. The number of benzene rings is 2. The van der Waals surface area contributed by atoms with Crippen molar-refractivity contribution in [3.8, 4) is 0 Å². The molecule has 28 heavy (non-hydrogen) atoms. The van der Waals surface area contributed by atoms with E-state index in [1.165, 1.54) is 0 Å². The predicted octanol–water partition coefficient (Wildman–Crippen LogP) is 4.52. The Kier molecular flexibility index (Phi) is 8.95. The molecule has 0 saturated carbocycles. The summed E-state index contributed by atoms with van der Waals surface area (Å²) in [4.78, 5) is 26.8. The van der Waals surface area contributed by atoms with Crippen LogP contribution in [0.2, 0.25) is 5.02 Å². The van der Waals surface area contributed by atoms with Crippen molar-refractivity contribution in [2.45, 2.75) is 32.9 Å². The summed E-state index contributed by atoms with van der Waals surface area (Å²) >= 11 is 6.22. The van der Waals surface area contributed by atoms with E-state index in [4.69, 9.17) is 17.3 Å². The molecule has 0 fully saturated rings. The van der Waals surface area contributed by atoms with Crippen molar-refractivity contribution >= 4 is 41.5 Å². The summed E-state index contributed by atoms with van der Waals surface area (Å²) in [7, 11) is 1.74. The van der Waals surface area contributed by atoms with Gasteiger partial charge in [-0.15, -0.1) is 12.4 Å². The topological polar surface area (TPSA) is 75.4 Å². The van der Waals surface area contributed by atoms with E-state index in [0.29, 0.717) is 16.3 Å². The van der Waals surface area contributed by atoms with Gasteiger partial charge in [-0.2, -0.15) is 0 Å². The average Bonchev–Trinajstić information content (AvgIpc) is 2.67. The number of nitrogens with two attached hydrogens (primary N) is 1. The van der Waals surface area contributed by atoms with E-state index in [9.17, 15) is 9.59 Å². The van der Waals surface area contributed by atoms with Gasteiger partial charge in [0.05, 0.1) is 16.6 Å². The quantitative estimate of drug-likeness (QED) is 0.716. The van der Waals surface area contributed by atoms with Gasteiger partial charge < -0.3 is 16.0 Å². The molecule has 0 saturated heterocycles. The van der Waals surface area contributed by atoms with Crippen LogP contribution in [0.4, 0.5) is 5.69 Å². The van der Waals surface area contributed by atoms with Crippen LogP contribution in [0, 0.1) is 5.92 Å². The van der Waals surface area contributed by atoms with Gasteiger partial charge in [0.25, 0.3) is 5.91 Å². The minimum Gasteiger partial charge on any atom is -0.339 e. The van der Waals surface area contributed by atoms with E-state index in [0.717, 1.165) is 5.56 Å². The van der Waals surface area contributed by atoms with Crippen molar-refractivity contribution in [2.75, 3.05) is 12.4 Å². The molecule has 0 bridgehead atoms. The molecule has 5 nitrogen and oxygen atoms in total. The lowest BCUT2D eigenvalue weighted by Crippen LogP contribution is -2.33. The highest BCUT2D eigenvalue weighted by Gasteiger charge is 2.23. The molecule has 3 N–H and O–H groups in total. The molecule has 2 amide bonds. The molecule has 0 radical (unpaired) electrons. The largest absolute Gasteiger partial charge is 0.339 e. The van der Waals surface area contributed by atoms with E-state index in [2.05, 4.69) is 5.32 Å². The first-order valence-corrected chi connectivity index (χ1v) is 9.28. The Morgan fingerprint density at radius 1 is 1.07 bits per heavy atom. The highest BCUT2D eigenvalue weighted by molar-refractivity contribution is 6.34. The average molecular weight is 424 g/mol. The smallest absolute Gasteiger partial charge is 0.253 e. The summed E-state index contributed by atoms with van der Waals surface area (Å²) in [6, 6.07) is 13.9. The minimum atomic E-state index is -0.471. The van der Waals surface area contributed by atoms with Gasteiger partial charge in [-0.05, 0) is 37.6 Å². The Labute approximate surface area is 177 Å². The number of halogens is 2. The van der Waals surface area contributed by atoms with Crippen LogP contribution in [0.25, 0.3) is 0 Å². The summed E-state index contributed by atoms with van der Waals surface area (Å²) in [6.45, 7) is 5.63. The van der Waals surface area contributed by atoms with Crippen LogP contribution in [0.3, 0.4) is 0 Å². The lowest BCUT2D eigenvalue weighted by molar-refractivity contribution is -0.120. The molecule has 2 rings (SSSR count). The van der Waals surface area contributed by atoms with E-state index in [1.54, 1.807) is 37.1 Å². The first-order chi connectivity index (χ1) is 12.7. The van der Waals surface area contributed by atoms with Gasteiger partial charge in [-0.1, -0.05) is 48.9 Å². The molecule has 0 aliphatic carbocycles. The number of hydrogen-bond donors (Lipinski definition) is 2. The third kappa shape index (κ3) is 5.71. The van der Waals surface area contributed by atoms with Gasteiger partial charge in [0.2, 0.25) is 5.91 Å². The van der Waals surface area contributed by atoms with Gasteiger partial charge in [-0.25, -0.2) is 0 Å². The predicted molar refractivity (Wildman–Crippen MR) is 117 cm³/mol. The van der Waals surface area contributed by atoms with Gasteiger partial charge in [0, 0.05) is 24.7 Å². The molecule has 2 aromatic carbocycles. The van der Waals surface area contributed by atoms with Crippen LogP contribution < -0.4 is 11.1 Å². The maximum Gasteiger partial charge on any atom is 0.253 e. The fourth-order valence-corrected chi connectivity index (χ4v) is 2.73. The maximum atomic E-state index is 12.7. The fourth-order valence-electron chi connectivity index (χ4n) is 2.57. The van der Waals surface area contributed by atoms with Crippen LogP contribution in [0.5, 0.6) is 0 Å². The Balaban J connectivity index is 0.00000392. The number of nitrogens with zero attached hydrogens (tertiary/aromatic N) is 1. The Hall–Kier alpha value is -2.08. The second kappa shape index (κ2) is 10.5. The molecule has 2 unspecified atom stereocenters. The normalized spacial score (nSPS) is 12.7. The summed E-state index contributed by atoms with van der Waals surface area (Å²) in [5, 5.41) is 3.17. The van der Waals surface area contributed by atoms with E-state index in [1.807, 2.05) is 44.2 Å². The van der Waals surface area contributed by atoms with Crippen LogP contribution in [0.1, 0.15) is 42.7 Å². The molecule has 2 atom stereocenters. The van der Waals surface area contributed by atoms with Crippen molar-refractivity contribution in [1.29, 1.82) is 0 Å². The van der Waals surface area contributed by atoms with Gasteiger partial charge in [-0.3, -0.25) is 9.59 Å². The molecule has 0 heterocycles. The van der Waals surface area contributed by atoms with Crippen molar-refractivity contribution in [3.63, 3.8) is 0 Å². The first-order valence-electron chi connectivity index (χ1n) is 8.90. The number of anilines is 1. The van der Waals surface area contributed by atoms with E-state index < -0.39 is 12.0 Å². The minimum absolute atomic E-state index is 0. The van der Waals surface area contributed by atoms with Gasteiger partial charge in [0.1, 0.15) is 0 Å². The summed E-state index contributed by atoms with van der Waals surface area (Å²) in [5.74, 6) is -0.859. The van der Waals surface area contributed by atoms with Crippen molar-refractivity contribution < 1.29 is 9.59 Å². The monoisotopic (exact) mass is 423 g/mol. The number of amides is 2. The molecule has 0 aliphatic rings. The summed E-state index contributed by atoms with van der Waals surface area (Å²) in [5.41, 5.74) is 7.97. The maximum absolute atomic E-state index is 12.7. The summed E-state index contributed by atoms with van der Waals surface area (Å²) < 4.78 is 0. The Morgan fingerprint density at radius 3 is 2.25 bits per heavy atom. The van der Waals surface area contributed by atoms with E-state index in [-0.39, 0.29) is 30.3 Å². The number of carbonyl (C=O) groups excluding carboxylic acids is 2. The molecule has 2 aromatic rings. The number of rotatable bonds is 6. The molecule has 0 aromatic heterocycles. The van der Waals surface area contributed by atoms with Crippen molar-refractivity contribution in [2.24, 2.45) is 11.7 Å². The molecule has 7 heteroatoms. The van der Waals surface area contributed by atoms with Crippen LogP contribution >= 0.6 is 24.0 Å². The standard InChI is InChI=1S/C21H26ClN3O2.ClH/c1-13(2)25(4)21(27)16-10-11-17(22)18(12-16)24-20(26)14(3)19(23)15-8-6-5-7-9-15;/h5-14,19H,23H2,1-4H3,(H,24,26);1H. The zero-order chi connectivity index (χ0) is 20.1. The molecule has 0 aliphatic heterocycles. The zero-order valence-electron chi connectivity index (χ0n) is 16.5. The molecule has 152 valence electrons. The second-order valence-electron chi connectivity index (χ2n) is 6.92. The number of nitrogens with one attached hydrogen (secondary N) is 1. The summed E-state index contributed by atoms with van der Waals surface area (Å²) in [6.07, 6.45) is 0. The van der Waals surface area contributed by atoms with Crippen molar-refractivity contribution in [3.05, 3.63) is 64.7 Å². The van der Waals surface area contributed by atoms with Gasteiger partial charge in [0.15, 0.2) is 0 Å². The highest BCUT2D eigenvalue weighted by Crippen LogP contribution is 2.26. The number of carbonyl (C=O) groups is 2. The SMILES string of the molecule is CC(C(=O)Nc1cc(C(=O)N(C)C(C)C)ccc1Cl)C(N)c1ccccc1.Cl. The third-order valence-corrected chi connectivity index (χ3v) is 5.03. The lowest BCUT2D eigenvalue weighted by atomic mass is 9.94. The fraction of sp³-hybridized carbons (Fsp3) is 0.333. The lowest BCUT2D eigenvalue weighted by Gasteiger charge is -2.22. The van der Waals surface area contributed by atoms with E-state index >= 15 is 0 Å². The Morgan fingerprint density at radius 2 is 1.68 bits per heavy atom. The third-order valence-electron chi connectivity index (χ3n) is 4.70. The van der Waals surface area contributed by atoms with Crippen molar-refractivity contribution in [1.82, 2.24) is 4.90 Å². The first kappa shape index (κ1) is 24.0. The second-order valence-corrected chi connectivity index (χ2v) is 7.33. The van der Waals surface area contributed by atoms with Crippen LogP contribution in [-0.4, -0.2) is 29.8 Å². The molecular weight excluding hydrogens is 397 g/mol. The zero-order valence-corrected chi connectivity index (χ0v) is 18.1. The van der Waals surface area contributed by atoms with Crippen LogP contribution in [0.15, 0.2) is 48.5 Å². The molecule has 0 spiro atoms.